The number of pyridine rings is 1. The standard InChI is InChI=1S/C35H48N6O6S/c1-38(34(43)5-4-18-42)16-19-44-21-23-46-25-26-47-24-22-45-20-17-39-12-14-40(15-13-39)30-7-8-31-32(27-30)48-35(37-31)29-6-9-33(36-28-29)41-10-2-3-11-41/h4-9,18,27-28H,2-3,10-17,19-26H2,1H3/b5-4-. The van der Waals surface area contributed by atoms with E-state index in [9.17, 15) is 9.59 Å². The van der Waals surface area contributed by atoms with Crippen molar-refractivity contribution in [3.05, 3.63) is 48.7 Å². The number of ether oxygens (including phenoxy) is 4. The molecule has 2 aromatic heterocycles. The van der Waals surface area contributed by atoms with Crippen molar-refractivity contribution in [3.8, 4) is 10.6 Å². The van der Waals surface area contributed by atoms with Crippen LogP contribution >= 0.6 is 11.3 Å². The highest BCUT2D eigenvalue weighted by molar-refractivity contribution is 7.21. The molecule has 0 bridgehead atoms. The molecule has 0 radical (unpaired) electrons. The highest BCUT2D eigenvalue weighted by atomic mass is 32.1. The number of likely N-dealkylation sites (N-methyl/N-ethyl adjacent to an activating group) is 1. The molecule has 12 nitrogen and oxygen atoms in total. The SMILES string of the molecule is CN(CCOCCOCCOCCOCCN1CCN(c2ccc3nc(-c4ccc(N5CCCC5)nc4)sc3c2)CC1)C(=O)/C=C\C=O. The number of carbonyl (C=O) groups excluding carboxylic acids is 2. The lowest BCUT2D eigenvalue weighted by Crippen LogP contribution is -2.47. The van der Waals surface area contributed by atoms with Crippen LogP contribution in [0.25, 0.3) is 20.8 Å². The first-order valence-electron chi connectivity index (χ1n) is 16.9. The predicted octanol–water partition coefficient (Wildman–Crippen LogP) is 3.36. The van der Waals surface area contributed by atoms with E-state index in [0.717, 1.165) is 67.7 Å². The van der Waals surface area contributed by atoms with E-state index in [2.05, 4.69) is 45.0 Å². The molecule has 260 valence electrons. The molecule has 1 amide bonds. The highest BCUT2D eigenvalue weighted by Crippen LogP contribution is 2.33. The number of benzene rings is 1. The molecule has 5 rings (SSSR count). The number of thiazole rings is 1. The lowest BCUT2D eigenvalue weighted by Gasteiger charge is -2.36. The zero-order chi connectivity index (χ0) is 33.4. The number of allylic oxidation sites excluding steroid dienone is 1. The molecular weight excluding hydrogens is 632 g/mol. The van der Waals surface area contributed by atoms with Gasteiger partial charge in [-0.25, -0.2) is 9.97 Å². The molecule has 13 heteroatoms. The Hall–Kier alpha value is -3.46. The number of anilines is 2. The van der Waals surface area contributed by atoms with Gasteiger partial charge in [-0.2, -0.15) is 0 Å². The molecule has 0 N–H and O–H groups in total. The Kier molecular flexibility index (Phi) is 14.6. The summed E-state index contributed by atoms with van der Waals surface area (Å²) in [5.74, 6) is 0.836. The summed E-state index contributed by atoms with van der Waals surface area (Å²) in [4.78, 5) is 40.3. The first-order chi connectivity index (χ1) is 23.6. The monoisotopic (exact) mass is 680 g/mol. The van der Waals surface area contributed by atoms with Gasteiger partial charge in [0.1, 0.15) is 17.1 Å². The van der Waals surface area contributed by atoms with Gasteiger partial charge >= 0.3 is 0 Å². The maximum atomic E-state index is 11.6. The van der Waals surface area contributed by atoms with Crippen molar-refractivity contribution >= 4 is 45.3 Å². The second kappa shape index (κ2) is 19.5. The van der Waals surface area contributed by atoms with Gasteiger partial charge in [0.25, 0.3) is 0 Å². The minimum absolute atomic E-state index is 0.231. The van der Waals surface area contributed by atoms with Crippen molar-refractivity contribution in [1.82, 2.24) is 19.8 Å². The summed E-state index contributed by atoms with van der Waals surface area (Å²) >= 11 is 1.74. The Bertz CT molecular complexity index is 1440. The van der Waals surface area contributed by atoms with E-state index in [-0.39, 0.29) is 5.91 Å². The van der Waals surface area contributed by atoms with Gasteiger partial charge in [-0.1, -0.05) is 0 Å². The molecular formula is C35H48N6O6S. The highest BCUT2D eigenvalue weighted by Gasteiger charge is 2.19. The number of rotatable bonds is 20. The summed E-state index contributed by atoms with van der Waals surface area (Å²) in [7, 11) is 1.66. The van der Waals surface area contributed by atoms with Crippen LogP contribution in [0.5, 0.6) is 0 Å². The quantitative estimate of drug-likeness (QED) is 0.0996. The number of amides is 1. The lowest BCUT2D eigenvalue weighted by atomic mass is 10.2. The summed E-state index contributed by atoms with van der Waals surface area (Å²) in [5.41, 5.74) is 3.37. The Labute approximate surface area is 287 Å². The fourth-order valence-corrected chi connectivity index (χ4v) is 6.61. The number of carbonyl (C=O) groups is 2. The van der Waals surface area contributed by atoms with E-state index in [0.29, 0.717) is 65.7 Å². The molecule has 0 atom stereocenters. The van der Waals surface area contributed by atoms with Crippen molar-refractivity contribution < 1.29 is 28.5 Å². The summed E-state index contributed by atoms with van der Waals surface area (Å²) in [6, 6.07) is 10.9. The lowest BCUT2D eigenvalue weighted by molar-refractivity contribution is -0.125. The number of fused-ring (bicyclic) bond motifs is 1. The first kappa shape index (κ1) is 35.8. The Morgan fingerprint density at radius 2 is 1.54 bits per heavy atom. The molecule has 4 heterocycles. The van der Waals surface area contributed by atoms with Crippen molar-refractivity contribution in [2.45, 2.75) is 12.8 Å². The van der Waals surface area contributed by atoms with Gasteiger partial charge in [0.2, 0.25) is 5.91 Å². The maximum absolute atomic E-state index is 11.6. The van der Waals surface area contributed by atoms with E-state index >= 15 is 0 Å². The molecule has 2 fully saturated rings. The van der Waals surface area contributed by atoms with Crippen LogP contribution < -0.4 is 9.80 Å². The van der Waals surface area contributed by atoms with Crippen LogP contribution in [0.1, 0.15) is 12.8 Å². The number of piperazine rings is 1. The van der Waals surface area contributed by atoms with Crippen LogP contribution in [0, 0.1) is 0 Å². The molecule has 0 unspecified atom stereocenters. The third-order valence-corrected chi connectivity index (χ3v) is 9.53. The fourth-order valence-electron chi connectivity index (χ4n) is 5.62. The third kappa shape index (κ3) is 11.0. The van der Waals surface area contributed by atoms with Crippen LogP contribution in [0.4, 0.5) is 11.5 Å². The van der Waals surface area contributed by atoms with Gasteiger partial charge in [0, 0.05) is 82.9 Å². The predicted molar refractivity (Wildman–Crippen MR) is 189 cm³/mol. The summed E-state index contributed by atoms with van der Waals surface area (Å²) in [6.07, 6.45) is 7.45. The molecule has 1 aromatic carbocycles. The van der Waals surface area contributed by atoms with Gasteiger partial charge < -0.3 is 33.6 Å². The van der Waals surface area contributed by atoms with Crippen molar-refractivity contribution in [3.63, 3.8) is 0 Å². The molecule has 0 aliphatic carbocycles. The average Bonchev–Trinajstić information content (AvgIpc) is 3.82. The van der Waals surface area contributed by atoms with Crippen LogP contribution in [0.3, 0.4) is 0 Å². The van der Waals surface area contributed by atoms with Gasteiger partial charge in [-0.3, -0.25) is 14.5 Å². The molecule has 2 saturated heterocycles. The largest absolute Gasteiger partial charge is 0.378 e. The van der Waals surface area contributed by atoms with Crippen LogP contribution in [-0.4, -0.2) is 144 Å². The number of hydrogen-bond acceptors (Lipinski definition) is 12. The molecule has 48 heavy (non-hydrogen) atoms. The summed E-state index contributed by atoms with van der Waals surface area (Å²) in [5, 5.41) is 1.02. The molecule has 0 saturated carbocycles. The van der Waals surface area contributed by atoms with Gasteiger partial charge in [0.15, 0.2) is 0 Å². The zero-order valence-corrected chi connectivity index (χ0v) is 28.8. The van der Waals surface area contributed by atoms with Crippen molar-refractivity contribution in [2.75, 3.05) is 122 Å². The fraction of sp³-hybridized carbons (Fsp3) is 0.543. The van der Waals surface area contributed by atoms with Crippen LogP contribution in [0.2, 0.25) is 0 Å². The number of hydrogen-bond donors (Lipinski definition) is 0. The number of aldehydes is 1. The molecule has 2 aliphatic heterocycles. The van der Waals surface area contributed by atoms with Crippen LogP contribution in [0.15, 0.2) is 48.7 Å². The molecule has 3 aromatic rings. The Morgan fingerprint density at radius 1 is 0.854 bits per heavy atom. The zero-order valence-electron chi connectivity index (χ0n) is 28.0. The van der Waals surface area contributed by atoms with E-state index in [1.165, 1.54) is 40.3 Å². The normalized spacial score (nSPS) is 15.6. The van der Waals surface area contributed by atoms with Gasteiger partial charge in [-0.05, 0) is 49.2 Å². The number of nitrogens with zero attached hydrogens (tertiary/aromatic N) is 6. The van der Waals surface area contributed by atoms with Gasteiger partial charge in [0.05, 0.1) is 63.1 Å². The average molecular weight is 681 g/mol. The smallest absolute Gasteiger partial charge is 0.246 e. The van der Waals surface area contributed by atoms with E-state index in [1.807, 2.05) is 6.20 Å². The summed E-state index contributed by atoms with van der Waals surface area (Å²) < 4.78 is 23.6. The maximum Gasteiger partial charge on any atom is 0.246 e. The molecule has 0 spiro atoms. The van der Waals surface area contributed by atoms with Gasteiger partial charge in [-0.15, -0.1) is 11.3 Å². The summed E-state index contributed by atoms with van der Waals surface area (Å²) in [6.45, 7) is 11.6. The Morgan fingerprint density at radius 3 is 2.21 bits per heavy atom. The minimum atomic E-state index is -0.231. The van der Waals surface area contributed by atoms with E-state index in [1.54, 1.807) is 18.4 Å². The topological polar surface area (TPSA) is 110 Å². The van der Waals surface area contributed by atoms with Crippen LogP contribution in [-0.2, 0) is 28.5 Å². The number of aromatic nitrogens is 2. The van der Waals surface area contributed by atoms with E-state index < -0.39 is 0 Å². The second-order valence-electron chi connectivity index (χ2n) is 11.8. The first-order valence-corrected chi connectivity index (χ1v) is 17.7. The van der Waals surface area contributed by atoms with E-state index in [4.69, 9.17) is 28.9 Å². The second-order valence-corrected chi connectivity index (χ2v) is 12.8. The molecule has 2 aliphatic rings. The third-order valence-electron chi connectivity index (χ3n) is 8.47. The van der Waals surface area contributed by atoms with Crippen molar-refractivity contribution in [2.24, 2.45) is 0 Å². The minimum Gasteiger partial charge on any atom is -0.378 e. The Balaban J connectivity index is 0.880. The van der Waals surface area contributed by atoms with Crippen molar-refractivity contribution in [1.29, 1.82) is 0 Å².